The molecule has 0 saturated heterocycles. The van der Waals surface area contributed by atoms with Crippen LogP contribution < -0.4 is 0 Å². The Morgan fingerprint density at radius 2 is 1.50 bits per heavy atom. The minimum atomic E-state index is -3.59. The van der Waals surface area contributed by atoms with Gasteiger partial charge in [0.15, 0.2) is 15.6 Å². The normalized spacial score (nSPS) is 13.2. The van der Waals surface area contributed by atoms with Crippen molar-refractivity contribution in [2.45, 2.75) is 46.3 Å². The molecule has 0 amide bonds. The molecule has 0 rings (SSSR count). The van der Waals surface area contributed by atoms with Crippen molar-refractivity contribution in [3.63, 3.8) is 0 Å². The van der Waals surface area contributed by atoms with Gasteiger partial charge in [0.1, 0.15) is 11.2 Å². The van der Waals surface area contributed by atoms with Crippen LogP contribution in [0.1, 0.15) is 41.5 Å². The fraction of sp³-hybridized carbons (Fsp3) is 0.833. The number of carbonyl (C=O) groups excluding carboxylic acids is 2. The summed E-state index contributed by atoms with van der Waals surface area (Å²) in [6.07, 6.45) is 0. The summed E-state index contributed by atoms with van der Waals surface area (Å²) in [4.78, 5) is 23.6. The predicted molar refractivity (Wildman–Crippen MR) is 69.0 cm³/mol. The Morgan fingerprint density at radius 3 is 1.83 bits per heavy atom. The zero-order valence-corrected chi connectivity index (χ0v) is 12.7. The summed E-state index contributed by atoms with van der Waals surface area (Å²) < 4.78 is 27.6. The molecule has 5 nitrogen and oxygen atoms in total. The van der Waals surface area contributed by atoms with Crippen LogP contribution in [-0.2, 0) is 24.2 Å². The topological polar surface area (TPSA) is 77.5 Å². The van der Waals surface area contributed by atoms with Crippen molar-refractivity contribution in [1.29, 1.82) is 0 Å². The maximum absolute atomic E-state index is 12.0. The molecular weight excluding hydrogens is 256 g/mol. The molecule has 0 aromatic rings. The third-order valence-electron chi connectivity index (χ3n) is 2.74. The molecule has 0 spiro atoms. The maximum atomic E-state index is 12.0. The number of Topliss-reactive ketones (excluding diaryl/α,β-unsaturated/α-hetero) is 1. The molecule has 0 aromatic heterocycles. The van der Waals surface area contributed by atoms with Crippen molar-refractivity contribution < 1.29 is 22.7 Å². The van der Waals surface area contributed by atoms with Gasteiger partial charge in [-0.15, -0.1) is 0 Å². The fourth-order valence-corrected chi connectivity index (χ4v) is 2.13. The second-order valence-corrected chi connectivity index (χ2v) is 8.38. The number of ketones is 1. The standard InChI is InChI=1S/C12H22O5S/c1-7-17-10(14)12(5,6)9(13)8-18(15,16)11(2,3)4/h7-8H2,1-6H3. The van der Waals surface area contributed by atoms with Crippen molar-refractivity contribution in [3.8, 4) is 0 Å². The van der Waals surface area contributed by atoms with Crippen molar-refractivity contribution in [3.05, 3.63) is 0 Å². The van der Waals surface area contributed by atoms with Gasteiger partial charge < -0.3 is 4.74 Å². The third-order valence-corrected chi connectivity index (χ3v) is 5.25. The summed E-state index contributed by atoms with van der Waals surface area (Å²) in [5.74, 6) is -1.99. The lowest BCUT2D eigenvalue weighted by molar-refractivity contribution is -0.157. The van der Waals surface area contributed by atoms with Gasteiger partial charge >= 0.3 is 5.97 Å². The van der Waals surface area contributed by atoms with E-state index in [1.165, 1.54) is 34.6 Å². The first-order valence-corrected chi connectivity index (χ1v) is 7.44. The number of ether oxygens (including phenoxy) is 1. The lowest BCUT2D eigenvalue weighted by Crippen LogP contribution is -2.42. The molecule has 6 heteroatoms. The summed E-state index contributed by atoms with van der Waals surface area (Å²) in [6.45, 7) is 9.11. The second kappa shape index (κ2) is 5.38. The first kappa shape index (κ1) is 17.1. The quantitative estimate of drug-likeness (QED) is 0.560. The zero-order chi connectivity index (χ0) is 14.8. The van der Waals surface area contributed by atoms with Crippen LogP contribution >= 0.6 is 0 Å². The van der Waals surface area contributed by atoms with Gasteiger partial charge in [-0.2, -0.15) is 0 Å². The Morgan fingerprint density at radius 1 is 1.06 bits per heavy atom. The molecule has 0 saturated carbocycles. The van der Waals surface area contributed by atoms with E-state index >= 15 is 0 Å². The van der Waals surface area contributed by atoms with Gasteiger partial charge in [-0.1, -0.05) is 0 Å². The van der Waals surface area contributed by atoms with Gasteiger partial charge in [-0.25, -0.2) is 8.42 Å². The highest BCUT2D eigenvalue weighted by atomic mass is 32.2. The Bertz CT molecular complexity index is 426. The van der Waals surface area contributed by atoms with Crippen LogP contribution in [0, 0.1) is 5.41 Å². The van der Waals surface area contributed by atoms with E-state index in [9.17, 15) is 18.0 Å². The number of sulfone groups is 1. The summed E-state index contributed by atoms with van der Waals surface area (Å²) in [6, 6.07) is 0. The van der Waals surface area contributed by atoms with E-state index in [2.05, 4.69) is 0 Å². The second-order valence-electron chi connectivity index (χ2n) is 5.64. The lowest BCUT2D eigenvalue weighted by atomic mass is 9.89. The number of hydrogen-bond donors (Lipinski definition) is 0. The number of hydrogen-bond acceptors (Lipinski definition) is 5. The molecule has 0 unspecified atom stereocenters. The molecule has 0 radical (unpaired) electrons. The van der Waals surface area contributed by atoms with Gasteiger partial charge in [-0.05, 0) is 41.5 Å². The van der Waals surface area contributed by atoms with E-state index in [1.807, 2.05) is 0 Å². The van der Waals surface area contributed by atoms with E-state index in [-0.39, 0.29) is 6.61 Å². The first-order valence-electron chi connectivity index (χ1n) is 5.79. The highest BCUT2D eigenvalue weighted by Gasteiger charge is 2.42. The van der Waals surface area contributed by atoms with Crippen LogP contribution in [0.25, 0.3) is 0 Å². The number of rotatable bonds is 5. The van der Waals surface area contributed by atoms with Crippen LogP contribution in [0.2, 0.25) is 0 Å². The van der Waals surface area contributed by atoms with Crippen molar-refractivity contribution in [2.24, 2.45) is 5.41 Å². The van der Waals surface area contributed by atoms with Crippen molar-refractivity contribution in [1.82, 2.24) is 0 Å². The lowest BCUT2D eigenvalue weighted by Gasteiger charge is -2.24. The molecule has 0 aliphatic carbocycles. The smallest absolute Gasteiger partial charge is 0.319 e. The molecule has 106 valence electrons. The summed E-state index contributed by atoms with van der Waals surface area (Å²) in [5.41, 5.74) is -1.44. The SMILES string of the molecule is CCOC(=O)C(C)(C)C(=O)CS(=O)(=O)C(C)(C)C. The van der Waals surface area contributed by atoms with Crippen LogP contribution in [0.4, 0.5) is 0 Å². The summed E-state index contributed by atoms with van der Waals surface area (Å²) in [7, 11) is -3.59. The van der Waals surface area contributed by atoms with Crippen LogP contribution in [0.5, 0.6) is 0 Å². The Kier molecular flexibility index (Phi) is 5.11. The monoisotopic (exact) mass is 278 g/mol. The average Bonchev–Trinajstić information content (AvgIpc) is 2.15. The Balaban J connectivity index is 5.05. The summed E-state index contributed by atoms with van der Waals surface area (Å²) in [5, 5.41) is 0. The van der Waals surface area contributed by atoms with Crippen LogP contribution in [0.15, 0.2) is 0 Å². The molecule has 0 heterocycles. The van der Waals surface area contributed by atoms with Gasteiger partial charge in [-0.3, -0.25) is 9.59 Å². The molecule has 0 N–H and O–H groups in total. The van der Waals surface area contributed by atoms with E-state index in [1.54, 1.807) is 6.92 Å². The van der Waals surface area contributed by atoms with Gasteiger partial charge in [0.2, 0.25) is 0 Å². The molecule has 0 aliphatic rings. The van der Waals surface area contributed by atoms with Gasteiger partial charge in [0.05, 0.1) is 11.4 Å². The number of carbonyl (C=O) groups is 2. The third kappa shape index (κ3) is 3.80. The fourth-order valence-electron chi connectivity index (χ4n) is 0.995. The summed E-state index contributed by atoms with van der Waals surface area (Å²) >= 11 is 0. The molecular formula is C12H22O5S. The maximum Gasteiger partial charge on any atom is 0.319 e. The Hall–Kier alpha value is -0.910. The van der Waals surface area contributed by atoms with Crippen molar-refractivity contribution in [2.75, 3.05) is 12.4 Å². The molecule has 0 fully saturated rings. The number of esters is 1. The van der Waals surface area contributed by atoms with Crippen LogP contribution in [-0.4, -0.2) is 37.3 Å². The van der Waals surface area contributed by atoms with Gasteiger partial charge in [0, 0.05) is 0 Å². The molecule has 0 bridgehead atoms. The zero-order valence-electron chi connectivity index (χ0n) is 11.9. The Labute approximate surface area is 109 Å². The largest absolute Gasteiger partial charge is 0.465 e. The highest BCUT2D eigenvalue weighted by molar-refractivity contribution is 7.93. The van der Waals surface area contributed by atoms with Gasteiger partial charge in [0.25, 0.3) is 0 Å². The first-order chi connectivity index (χ1) is 7.86. The van der Waals surface area contributed by atoms with E-state index in [0.29, 0.717) is 0 Å². The van der Waals surface area contributed by atoms with E-state index < -0.39 is 37.5 Å². The molecule has 0 atom stereocenters. The molecule has 0 aliphatic heterocycles. The van der Waals surface area contributed by atoms with Crippen molar-refractivity contribution >= 4 is 21.6 Å². The van der Waals surface area contributed by atoms with Crippen LogP contribution in [0.3, 0.4) is 0 Å². The average molecular weight is 278 g/mol. The minimum absolute atomic E-state index is 0.154. The molecule has 18 heavy (non-hydrogen) atoms. The van der Waals surface area contributed by atoms with E-state index in [0.717, 1.165) is 0 Å². The predicted octanol–water partition coefficient (Wildman–Crippen LogP) is 1.36. The molecule has 0 aromatic carbocycles. The van der Waals surface area contributed by atoms with E-state index in [4.69, 9.17) is 4.74 Å². The highest BCUT2D eigenvalue weighted by Crippen LogP contribution is 2.23. The minimum Gasteiger partial charge on any atom is -0.465 e.